The van der Waals surface area contributed by atoms with Crippen molar-refractivity contribution < 1.29 is 4.79 Å². The second-order valence-electron chi connectivity index (χ2n) is 3.47. The average molecular weight is 239 g/mol. The summed E-state index contributed by atoms with van der Waals surface area (Å²) >= 11 is 1.76. The van der Waals surface area contributed by atoms with Gasteiger partial charge in [-0.15, -0.1) is 0 Å². The standard InChI is InChI=1S/C11H17N3OS/c1-3-8(7-16-2)14-11-9(10(12)15)5-4-6-13-11/h4-6,8H,3,7H2,1-2H3,(H2,12,15)(H,13,14). The molecule has 0 saturated heterocycles. The molecule has 0 aliphatic heterocycles. The highest BCUT2D eigenvalue weighted by molar-refractivity contribution is 7.98. The predicted molar refractivity (Wildman–Crippen MR) is 68.8 cm³/mol. The van der Waals surface area contributed by atoms with Crippen LogP contribution in [-0.2, 0) is 0 Å². The number of nitrogens with two attached hydrogens (primary N) is 1. The van der Waals surface area contributed by atoms with Gasteiger partial charge in [0.05, 0.1) is 5.56 Å². The Morgan fingerprint density at radius 3 is 3.00 bits per heavy atom. The van der Waals surface area contributed by atoms with E-state index in [1.54, 1.807) is 30.1 Å². The van der Waals surface area contributed by atoms with Crippen LogP contribution < -0.4 is 11.1 Å². The molecule has 0 radical (unpaired) electrons. The lowest BCUT2D eigenvalue weighted by atomic mass is 10.2. The molecule has 88 valence electrons. The largest absolute Gasteiger partial charge is 0.366 e. The van der Waals surface area contributed by atoms with E-state index in [0.717, 1.165) is 12.2 Å². The SMILES string of the molecule is CCC(CSC)Nc1ncccc1C(N)=O. The highest BCUT2D eigenvalue weighted by Crippen LogP contribution is 2.14. The lowest BCUT2D eigenvalue weighted by Gasteiger charge is -2.17. The zero-order valence-corrected chi connectivity index (χ0v) is 10.4. The molecule has 1 unspecified atom stereocenters. The van der Waals surface area contributed by atoms with Crippen molar-refractivity contribution in [3.05, 3.63) is 23.9 Å². The molecule has 0 saturated carbocycles. The summed E-state index contributed by atoms with van der Waals surface area (Å²) in [5, 5.41) is 3.25. The van der Waals surface area contributed by atoms with Crippen LogP contribution in [0.3, 0.4) is 0 Å². The first-order valence-corrected chi connectivity index (χ1v) is 6.58. The Kier molecular flexibility index (Phi) is 5.11. The van der Waals surface area contributed by atoms with Gasteiger partial charge < -0.3 is 11.1 Å². The van der Waals surface area contributed by atoms with Crippen molar-refractivity contribution in [2.75, 3.05) is 17.3 Å². The van der Waals surface area contributed by atoms with E-state index in [1.807, 2.05) is 0 Å². The van der Waals surface area contributed by atoms with Crippen LogP contribution >= 0.6 is 11.8 Å². The molecule has 0 bridgehead atoms. The number of nitrogens with zero attached hydrogens (tertiary/aromatic N) is 1. The van der Waals surface area contributed by atoms with Crippen LogP contribution in [0.4, 0.5) is 5.82 Å². The summed E-state index contributed by atoms with van der Waals surface area (Å²) in [6.07, 6.45) is 4.69. The summed E-state index contributed by atoms with van der Waals surface area (Å²) in [4.78, 5) is 15.3. The van der Waals surface area contributed by atoms with E-state index in [-0.39, 0.29) is 0 Å². The average Bonchev–Trinajstić information content (AvgIpc) is 2.29. The topological polar surface area (TPSA) is 68.0 Å². The summed E-state index contributed by atoms with van der Waals surface area (Å²) in [5.74, 6) is 1.11. The van der Waals surface area contributed by atoms with E-state index in [4.69, 9.17) is 5.73 Å². The Labute approximate surface area is 100 Å². The highest BCUT2D eigenvalue weighted by Gasteiger charge is 2.12. The van der Waals surface area contributed by atoms with E-state index >= 15 is 0 Å². The minimum absolute atomic E-state index is 0.308. The van der Waals surface area contributed by atoms with Crippen LogP contribution in [0.25, 0.3) is 0 Å². The van der Waals surface area contributed by atoms with E-state index in [0.29, 0.717) is 17.4 Å². The van der Waals surface area contributed by atoms with Gasteiger partial charge in [-0.05, 0) is 24.8 Å². The normalized spacial score (nSPS) is 12.1. The van der Waals surface area contributed by atoms with Crippen molar-refractivity contribution >= 4 is 23.5 Å². The quantitative estimate of drug-likeness (QED) is 0.793. The first-order chi connectivity index (χ1) is 7.69. The second kappa shape index (κ2) is 6.37. The van der Waals surface area contributed by atoms with Gasteiger partial charge >= 0.3 is 0 Å². The van der Waals surface area contributed by atoms with Gasteiger partial charge in [-0.25, -0.2) is 4.98 Å². The molecule has 1 amide bonds. The molecule has 0 aromatic carbocycles. The van der Waals surface area contributed by atoms with Gasteiger partial charge in [-0.1, -0.05) is 6.92 Å². The number of hydrogen-bond acceptors (Lipinski definition) is 4. The van der Waals surface area contributed by atoms with Crippen LogP contribution in [0.5, 0.6) is 0 Å². The number of carbonyl (C=O) groups excluding carboxylic acids is 1. The molecule has 4 nitrogen and oxygen atoms in total. The molecule has 1 aromatic rings. The molecule has 0 spiro atoms. The number of carbonyl (C=O) groups is 1. The van der Waals surface area contributed by atoms with Gasteiger partial charge in [0.1, 0.15) is 5.82 Å². The van der Waals surface area contributed by atoms with E-state index in [9.17, 15) is 4.79 Å². The molecule has 1 heterocycles. The first-order valence-electron chi connectivity index (χ1n) is 5.19. The van der Waals surface area contributed by atoms with Crippen molar-refractivity contribution in [2.24, 2.45) is 5.73 Å². The fraction of sp³-hybridized carbons (Fsp3) is 0.455. The van der Waals surface area contributed by atoms with Gasteiger partial charge in [0.15, 0.2) is 0 Å². The summed E-state index contributed by atoms with van der Waals surface area (Å²) < 4.78 is 0. The number of primary amides is 1. The monoisotopic (exact) mass is 239 g/mol. The maximum Gasteiger partial charge on any atom is 0.252 e. The number of nitrogens with one attached hydrogen (secondary N) is 1. The van der Waals surface area contributed by atoms with E-state index < -0.39 is 5.91 Å². The maximum atomic E-state index is 11.2. The van der Waals surface area contributed by atoms with Gasteiger partial charge in [0.25, 0.3) is 5.91 Å². The van der Waals surface area contributed by atoms with Crippen molar-refractivity contribution in [1.82, 2.24) is 4.98 Å². The Morgan fingerprint density at radius 1 is 1.69 bits per heavy atom. The number of amides is 1. The minimum atomic E-state index is -0.449. The smallest absolute Gasteiger partial charge is 0.252 e. The molecule has 16 heavy (non-hydrogen) atoms. The second-order valence-corrected chi connectivity index (χ2v) is 4.38. The molecule has 1 rings (SSSR count). The Hall–Kier alpha value is -1.23. The predicted octanol–water partition coefficient (Wildman–Crippen LogP) is 1.73. The molecule has 5 heteroatoms. The van der Waals surface area contributed by atoms with Crippen LogP contribution in [-0.4, -0.2) is 28.9 Å². The van der Waals surface area contributed by atoms with Crippen LogP contribution in [0.2, 0.25) is 0 Å². The lowest BCUT2D eigenvalue weighted by Crippen LogP contribution is -2.24. The summed E-state index contributed by atoms with van der Waals surface area (Å²) in [6, 6.07) is 3.70. The van der Waals surface area contributed by atoms with Gasteiger partial charge in [0, 0.05) is 18.0 Å². The Balaban J connectivity index is 2.82. The third-order valence-electron chi connectivity index (χ3n) is 2.27. The maximum absolute atomic E-state index is 11.2. The van der Waals surface area contributed by atoms with Crippen molar-refractivity contribution in [3.63, 3.8) is 0 Å². The fourth-order valence-corrected chi connectivity index (χ4v) is 2.10. The molecule has 3 N–H and O–H groups in total. The third kappa shape index (κ3) is 3.41. The molecule has 0 fully saturated rings. The fourth-order valence-electron chi connectivity index (χ4n) is 1.38. The molecule has 1 aromatic heterocycles. The number of hydrogen-bond donors (Lipinski definition) is 2. The van der Waals surface area contributed by atoms with Gasteiger partial charge in [-0.3, -0.25) is 4.79 Å². The van der Waals surface area contributed by atoms with Gasteiger partial charge in [0.2, 0.25) is 0 Å². The number of pyridine rings is 1. The highest BCUT2D eigenvalue weighted by atomic mass is 32.2. The summed E-state index contributed by atoms with van der Waals surface area (Å²) in [7, 11) is 0. The van der Waals surface area contributed by atoms with Crippen molar-refractivity contribution in [3.8, 4) is 0 Å². The third-order valence-corrected chi connectivity index (χ3v) is 3.01. The number of aromatic nitrogens is 1. The number of rotatable bonds is 6. The first kappa shape index (κ1) is 12.8. The zero-order valence-electron chi connectivity index (χ0n) is 9.56. The molecule has 0 aliphatic carbocycles. The summed E-state index contributed by atoms with van der Waals surface area (Å²) in [5.41, 5.74) is 5.73. The van der Waals surface area contributed by atoms with Gasteiger partial charge in [-0.2, -0.15) is 11.8 Å². The van der Waals surface area contributed by atoms with E-state index in [1.165, 1.54) is 0 Å². The Bertz CT molecular complexity index is 357. The van der Waals surface area contributed by atoms with Crippen molar-refractivity contribution in [2.45, 2.75) is 19.4 Å². The van der Waals surface area contributed by atoms with Crippen molar-refractivity contribution in [1.29, 1.82) is 0 Å². The van der Waals surface area contributed by atoms with Crippen LogP contribution in [0, 0.1) is 0 Å². The minimum Gasteiger partial charge on any atom is -0.366 e. The molecular weight excluding hydrogens is 222 g/mol. The Morgan fingerprint density at radius 2 is 2.44 bits per heavy atom. The van der Waals surface area contributed by atoms with E-state index in [2.05, 4.69) is 23.5 Å². The zero-order chi connectivity index (χ0) is 12.0. The number of thioether (sulfide) groups is 1. The molecular formula is C11H17N3OS. The summed E-state index contributed by atoms with van der Waals surface area (Å²) in [6.45, 7) is 2.10. The van der Waals surface area contributed by atoms with Crippen LogP contribution in [0.1, 0.15) is 23.7 Å². The number of anilines is 1. The molecule has 0 aliphatic rings. The lowest BCUT2D eigenvalue weighted by molar-refractivity contribution is 0.100. The van der Waals surface area contributed by atoms with Crippen LogP contribution in [0.15, 0.2) is 18.3 Å². The molecule has 1 atom stereocenters.